The zero-order valence-corrected chi connectivity index (χ0v) is 13.6. The van der Waals surface area contributed by atoms with Crippen LogP contribution in [0, 0.1) is 0 Å². The van der Waals surface area contributed by atoms with Gasteiger partial charge in [-0.25, -0.2) is 4.98 Å². The van der Waals surface area contributed by atoms with Crippen molar-refractivity contribution in [1.82, 2.24) is 10.3 Å². The summed E-state index contributed by atoms with van der Waals surface area (Å²) in [6, 6.07) is 15.5. The molecule has 1 aliphatic heterocycles. The Morgan fingerprint density at radius 3 is 2.54 bits per heavy atom. The summed E-state index contributed by atoms with van der Waals surface area (Å²) in [5.41, 5.74) is 2.86. The number of aromatic nitrogens is 1. The third-order valence-electron chi connectivity index (χ3n) is 3.85. The van der Waals surface area contributed by atoms with Gasteiger partial charge in [-0.3, -0.25) is 9.59 Å². The Balaban J connectivity index is 0.000000143. The third kappa shape index (κ3) is 3.44. The van der Waals surface area contributed by atoms with Gasteiger partial charge in [-0.15, -0.1) is 0 Å². The Labute approximate surface area is 144 Å². The molecule has 1 aliphatic rings. The van der Waals surface area contributed by atoms with E-state index in [0.29, 0.717) is 18.5 Å². The van der Waals surface area contributed by atoms with Gasteiger partial charge in [0.1, 0.15) is 5.15 Å². The first-order valence-electron chi connectivity index (χ1n) is 7.51. The fourth-order valence-electron chi connectivity index (χ4n) is 2.61. The summed E-state index contributed by atoms with van der Waals surface area (Å²) in [6.07, 6.45) is 2.93. The molecule has 0 saturated heterocycles. The highest BCUT2D eigenvalue weighted by Crippen LogP contribution is 2.21. The van der Waals surface area contributed by atoms with Crippen LogP contribution in [0.3, 0.4) is 0 Å². The van der Waals surface area contributed by atoms with Crippen LogP contribution in [0.1, 0.15) is 21.5 Å². The molecule has 2 heterocycles. The van der Waals surface area contributed by atoms with Gasteiger partial charge in [-0.05, 0) is 16.5 Å². The van der Waals surface area contributed by atoms with Crippen LogP contribution in [0.25, 0.3) is 10.8 Å². The van der Waals surface area contributed by atoms with E-state index < -0.39 is 0 Å². The van der Waals surface area contributed by atoms with E-state index in [-0.39, 0.29) is 11.1 Å². The minimum Gasteiger partial charge on any atom is -0.352 e. The molecule has 0 atom stereocenters. The van der Waals surface area contributed by atoms with Gasteiger partial charge in [0.25, 0.3) is 0 Å². The molecule has 0 unspecified atom stereocenters. The van der Waals surface area contributed by atoms with Gasteiger partial charge in [0.2, 0.25) is 5.91 Å². The molecule has 120 valence electrons. The number of halogens is 1. The first-order chi connectivity index (χ1) is 11.7. The number of hydrogen-bond donors (Lipinski definition) is 1. The quantitative estimate of drug-likeness (QED) is 0.545. The number of aldehydes is 1. The highest BCUT2D eigenvalue weighted by molar-refractivity contribution is 6.33. The molecule has 1 aromatic heterocycles. The van der Waals surface area contributed by atoms with E-state index in [0.717, 1.165) is 22.6 Å². The lowest BCUT2D eigenvalue weighted by Gasteiger charge is -2.15. The molecule has 4 nitrogen and oxygen atoms in total. The van der Waals surface area contributed by atoms with Gasteiger partial charge in [0.15, 0.2) is 6.29 Å². The molecule has 1 amide bonds. The van der Waals surface area contributed by atoms with Crippen molar-refractivity contribution in [1.29, 1.82) is 0 Å². The van der Waals surface area contributed by atoms with Crippen molar-refractivity contribution >= 4 is 34.6 Å². The van der Waals surface area contributed by atoms with Crippen molar-refractivity contribution in [2.45, 2.75) is 13.0 Å². The second kappa shape index (κ2) is 7.23. The van der Waals surface area contributed by atoms with Crippen LogP contribution in [0.5, 0.6) is 0 Å². The van der Waals surface area contributed by atoms with E-state index in [1.807, 2.05) is 42.5 Å². The molecule has 0 aliphatic carbocycles. The maximum Gasteiger partial charge on any atom is 0.224 e. The molecule has 3 aromatic rings. The van der Waals surface area contributed by atoms with Crippen LogP contribution < -0.4 is 5.32 Å². The van der Waals surface area contributed by atoms with E-state index >= 15 is 0 Å². The highest BCUT2D eigenvalue weighted by atomic mass is 35.5. The first-order valence-corrected chi connectivity index (χ1v) is 7.88. The smallest absolute Gasteiger partial charge is 0.224 e. The normalized spacial score (nSPS) is 12.6. The van der Waals surface area contributed by atoms with Gasteiger partial charge in [0.05, 0.1) is 12.0 Å². The molecular weight excluding hydrogens is 324 g/mol. The predicted octanol–water partition coefficient (Wildman–Crippen LogP) is 3.56. The van der Waals surface area contributed by atoms with Crippen molar-refractivity contribution in [3.8, 4) is 0 Å². The lowest BCUT2D eigenvalue weighted by Crippen LogP contribution is -2.29. The second-order valence-electron chi connectivity index (χ2n) is 5.39. The van der Waals surface area contributed by atoms with Gasteiger partial charge in [0, 0.05) is 18.1 Å². The van der Waals surface area contributed by atoms with E-state index in [2.05, 4.69) is 16.4 Å². The summed E-state index contributed by atoms with van der Waals surface area (Å²) < 4.78 is 0. The summed E-state index contributed by atoms with van der Waals surface area (Å²) in [5.74, 6) is 0.128. The van der Waals surface area contributed by atoms with Crippen molar-refractivity contribution in [3.05, 3.63) is 76.6 Å². The second-order valence-corrected chi connectivity index (χ2v) is 5.75. The van der Waals surface area contributed by atoms with Crippen LogP contribution in [-0.4, -0.2) is 17.2 Å². The fraction of sp³-hybridized carbons (Fsp3) is 0.105. The molecule has 5 heteroatoms. The molecule has 0 radical (unpaired) electrons. The minimum absolute atomic E-state index is 0.128. The zero-order chi connectivity index (χ0) is 16.9. The van der Waals surface area contributed by atoms with Crippen LogP contribution in [0.2, 0.25) is 5.15 Å². The number of benzene rings is 2. The molecular formula is C19H15ClN2O2. The van der Waals surface area contributed by atoms with Crippen molar-refractivity contribution in [3.63, 3.8) is 0 Å². The molecule has 1 N–H and O–H groups in total. The number of fused-ring (bicyclic) bond motifs is 2. The molecule has 0 bridgehead atoms. The molecule has 24 heavy (non-hydrogen) atoms. The van der Waals surface area contributed by atoms with E-state index in [9.17, 15) is 9.59 Å². The minimum atomic E-state index is 0.128. The average molecular weight is 339 g/mol. The Morgan fingerprint density at radius 2 is 1.75 bits per heavy atom. The summed E-state index contributed by atoms with van der Waals surface area (Å²) >= 11 is 5.76. The number of hydrogen-bond acceptors (Lipinski definition) is 3. The van der Waals surface area contributed by atoms with Gasteiger partial charge in [-0.2, -0.15) is 0 Å². The summed E-state index contributed by atoms with van der Waals surface area (Å²) in [6.45, 7) is 0.689. The maximum absolute atomic E-state index is 10.9. The van der Waals surface area contributed by atoms with Crippen molar-refractivity contribution in [2.24, 2.45) is 0 Å². The van der Waals surface area contributed by atoms with E-state index in [4.69, 9.17) is 11.6 Å². The molecule has 0 saturated carbocycles. The average Bonchev–Trinajstić information content (AvgIpc) is 2.62. The number of nitrogens with one attached hydrogen (secondary N) is 1. The van der Waals surface area contributed by atoms with Crippen LogP contribution in [0.15, 0.2) is 54.7 Å². The lowest BCUT2D eigenvalue weighted by molar-refractivity contribution is -0.121. The molecule has 0 spiro atoms. The van der Waals surface area contributed by atoms with E-state index in [1.165, 1.54) is 5.56 Å². The SMILES string of the molecule is O=C1Cc2ccccc2CN1.O=Cc1c(Cl)ncc2ccccc12. The Kier molecular flexibility index (Phi) is 4.87. The van der Waals surface area contributed by atoms with Gasteiger partial charge in [-0.1, -0.05) is 60.1 Å². The maximum atomic E-state index is 10.9. The van der Waals surface area contributed by atoms with Crippen molar-refractivity contribution < 1.29 is 9.59 Å². The van der Waals surface area contributed by atoms with E-state index in [1.54, 1.807) is 6.20 Å². The Hall–Kier alpha value is -2.72. The van der Waals surface area contributed by atoms with Crippen molar-refractivity contribution in [2.75, 3.05) is 0 Å². The predicted molar refractivity (Wildman–Crippen MR) is 94.1 cm³/mol. The largest absolute Gasteiger partial charge is 0.352 e. The fourth-order valence-corrected chi connectivity index (χ4v) is 2.80. The molecule has 4 rings (SSSR count). The van der Waals surface area contributed by atoms with Crippen LogP contribution >= 0.6 is 11.6 Å². The molecule has 2 aromatic carbocycles. The highest BCUT2D eigenvalue weighted by Gasteiger charge is 2.12. The lowest BCUT2D eigenvalue weighted by atomic mass is 10.0. The van der Waals surface area contributed by atoms with Crippen LogP contribution in [0.4, 0.5) is 0 Å². The number of rotatable bonds is 1. The Bertz CT molecular complexity index is 909. The Morgan fingerprint density at radius 1 is 1.04 bits per heavy atom. The zero-order valence-electron chi connectivity index (χ0n) is 12.8. The molecule has 0 fully saturated rings. The van der Waals surface area contributed by atoms with Crippen LogP contribution in [-0.2, 0) is 17.8 Å². The standard InChI is InChI=1S/C10H6ClNO.C9H9NO/c11-10-9(6-13)8-4-2-1-3-7(8)5-12-10;11-9-5-7-3-1-2-4-8(7)6-10-9/h1-6H;1-4H,5-6H2,(H,10,11). The monoisotopic (exact) mass is 338 g/mol. The summed E-state index contributed by atoms with van der Waals surface area (Å²) in [7, 11) is 0. The van der Waals surface area contributed by atoms with Gasteiger partial charge < -0.3 is 5.32 Å². The number of amides is 1. The number of carbonyl (C=O) groups is 2. The third-order valence-corrected chi connectivity index (χ3v) is 4.15. The number of carbonyl (C=O) groups excluding carboxylic acids is 2. The first kappa shape index (κ1) is 16.1. The van der Waals surface area contributed by atoms with Gasteiger partial charge >= 0.3 is 0 Å². The topological polar surface area (TPSA) is 59.1 Å². The number of pyridine rings is 1. The summed E-state index contributed by atoms with van der Waals surface area (Å²) in [5, 5.41) is 4.83. The number of nitrogens with zero attached hydrogens (tertiary/aromatic N) is 1. The summed E-state index contributed by atoms with van der Waals surface area (Å²) in [4.78, 5) is 25.5.